The Bertz CT molecular complexity index is 4520. The van der Waals surface area contributed by atoms with Gasteiger partial charge in [-0.2, -0.15) is 0 Å². The van der Waals surface area contributed by atoms with Crippen molar-refractivity contribution in [2.24, 2.45) is 0 Å². The second-order valence-corrected chi connectivity index (χ2v) is 31.0. The standard InChI is InChI=1S/C86H160N3O29P/c1-21-23-25-27-29-31-33-34-35-36-37-38-39-40-41-42-44-46-48-50-52-54-68(90)87-62(63(99-7)53-51-49-47-45-43-32-30-28-26-24-22-2)57-114-119(95,112-20)118-82-79(108-16)77(106-14)78(107-15)81(80(82)109-17)117-86(84(94)111-19)55-64(100-8)71(75(115-86)73(104-12)66(102-10)58-96-4)88-69(91)60-113-85(83(93)110-18)56-65(101-9)72(89(3)70(92)61-98-6)76(116-85)74(105-13)67(103-11)59-97-5/h51,53,62-67,71-82H,21-50,52,54-61H2,1-20H3,(H,87,90)(H,88,91)/b53-51+/t62-,63+,64-,65-,66+,67+,71+,72+,73+,74+,75+,76+,77-,78-,79+,80+,81+,82-,85+,86-,119?/m0/s1/i3D3,6D3,7D3,8D3,9D3,10D3,11D3,12D3,13D3,14D3,15D3,16D3,17D3,18D3,19D3,20D3. The van der Waals surface area contributed by atoms with Gasteiger partial charge in [-0.05, 0) is 19.3 Å². The number of likely N-dealkylation sites (N-methyl/N-ethyl adjacent to an activating group) is 1. The maximum Gasteiger partial charge on any atom is 0.475 e. The summed E-state index contributed by atoms with van der Waals surface area (Å²) in [5.74, 6) is -20.1. The van der Waals surface area contributed by atoms with Crippen LogP contribution in [0.4, 0.5) is 0 Å². The molecular formula is C86H160N3O29P. The van der Waals surface area contributed by atoms with E-state index in [0.29, 0.717) is 32.8 Å². The van der Waals surface area contributed by atoms with E-state index in [9.17, 15) is 9.59 Å². The zero-order chi connectivity index (χ0) is 128. The van der Waals surface area contributed by atoms with Gasteiger partial charge in [-0.3, -0.25) is 28.0 Å². The lowest BCUT2D eigenvalue weighted by molar-refractivity contribution is -0.357. The lowest BCUT2D eigenvalue weighted by Crippen LogP contribution is -2.72. The normalized spacial score (nSPS) is 33.8. The minimum Gasteiger partial charge on any atom is -0.465 e. The largest absolute Gasteiger partial charge is 0.475 e. The predicted molar refractivity (Wildman–Crippen MR) is 448 cm³/mol. The Morgan fingerprint density at radius 3 is 1.47 bits per heavy atom. The van der Waals surface area contributed by atoms with Crippen molar-refractivity contribution >= 4 is 37.5 Å². The molecule has 3 aliphatic rings. The number of rotatable bonds is 71. The van der Waals surface area contributed by atoms with E-state index < -0.39 is 328 Å². The van der Waals surface area contributed by atoms with Crippen LogP contribution in [0.25, 0.3) is 0 Å². The summed E-state index contributed by atoms with van der Waals surface area (Å²) in [4.78, 5) is 75.9. The highest BCUT2D eigenvalue weighted by Crippen LogP contribution is 2.53. The summed E-state index contributed by atoms with van der Waals surface area (Å²) < 4.78 is 545. The Balaban J connectivity index is 2.80. The van der Waals surface area contributed by atoms with Gasteiger partial charge in [0.2, 0.25) is 17.7 Å². The summed E-state index contributed by atoms with van der Waals surface area (Å²) in [6.45, 7) is -8.92. The van der Waals surface area contributed by atoms with Crippen LogP contribution in [-0.2, 0) is 137 Å². The fourth-order valence-electron chi connectivity index (χ4n) is 14.8. The molecule has 3 fully saturated rings. The Morgan fingerprint density at radius 2 is 0.966 bits per heavy atom. The van der Waals surface area contributed by atoms with Crippen molar-refractivity contribution in [1.82, 2.24) is 15.5 Å². The van der Waals surface area contributed by atoms with E-state index in [0.717, 1.165) is 109 Å². The van der Waals surface area contributed by atoms with E-state index >= 15 is 18.9 Å². The Kier molecular flexibility index (Phi) is 29.4. The van der Waals surface area contributed by atoms with E-state index in [4.69, 9.17) is 165 Å². The van der Waals surface area contributed by atoms with E-state index in [1.54, 1.807) is 0 Å². The molecule has 1 saturated carbocycles. The monoisotopic (exact) mass is 1780 g/mol. The molecular weight excluding hydrogens is 1570 g/mol. The van der Waals surface area contributed by atoms with Crippen LogP contribution in [0, 0.1) is 0 Å². The summed E-state index contributed by atoms with van der Waals surface area (Å²) in [6, 6.07) is -8.56. The van der Waals surface area contributed by atoms with Gasteiger partial charge in [-0.1, -0.05) is 206 Å². The van der Waals surface area contributed by atoms with Gasteiger partial charge in [0, 0.05) is 136 Å². The van der Waals surface area contributed by atoms with Crippen LogP contribution in [0.3, 0.4) is 0 Å². The van der Waals surface area contributed by atoms with Gasteiger partial charge in [0.05, 0.1) is 132 Å². The number of allylic oxidation sites excluding steroid dienone is 1. The minimum atomic E-state index is -6.96. The van der Waals surface area contributed by atoms with Gasteiger partial charge in [0.15, 0.2) is 0 Å². The second kappa shape index (κ2) is 63.4. The molecule has 1 unspecified atom stereocenters. The van der Waals surface area contributed by atoms with Crippen LogP contribution in [0.5, 0.6) is 0 Å². The first kappa shape index (κ1) is 55.3. The van der Waals surface area contributed by atoms with Crippen molar-refractivity contribution in [3.8, 4) is 0 Å². The third-order valence-corrected chi connectivity index (χ3v) is 22.3. The van der Waals surface area contributed by atoms with Gasteiger partial charge in [-0.25, -0.2) is 14.2 Å². The average Bonchev–Trinajstić information content (AvgIpc) is 0.722. The molecule has 2 saturated heterocycles. The number of amides is 3. The number of carbonyl (C=O) groups is 5. The Labute approximate surface area is 780 Å². The van der Waals surface area contributed by atoms with Gasteiger partial charge in [-0.15, -0.1) is 0 Å². The molecule has 2 N–H and O–H groups in total. The first-order valence-electron chi connectivity index (χ1n) is 64.4. The summed E-state index contributed by atoms with van der Waals surface area (Å²) in [5, 5.41) is 4.34. The summed E-state index contributed by atoms with van der Waals surface area (Å²) >= 11 is 0. The molecule has 2 aliphatic heterocycles. The van der Waals surface area contributed by atoms with Crippen molar-refractivity contribution in [3.63, 3.8) is 0 Å². The number of phosphoric acid groups is 1. The van der Waals surface area contributed by atoms with Gasteiger partial charge < -0.3 is 110 Å². The van der Waals surface area contributed by atoms with Crippen LogP contribution in [0.2, 0.25) is 0 Å². The highest BCUT2D eigenvalue weighted by atomic mass is 31.2. The first-order valence-corrected chi connectivity index (χ1v) is 41.9. The fourth-order valence-corrected chi connectivity index (χ4v) is 15.8. The summed E-state index contributed by atoms with van der Waals surface area (Å²) in [7, 11) is -68.2. The molecule has 119 heavy (non-hydrogen) atoms. The fraction of sp³-hybridized carbons (Fsp3) is 0.919. The van der Waals surface area contributed by atoms with Crippen LogP contribution in [-0.4, -0.2) is 316 Å². The van der Waals surface area contributed by atoms with Crippen molar-refractivity contribution in [3.05, 3.63) is 12.2 Å². The third-order valence-electron chi connectivity index (χ3n) is 21.1. The number of ether oxygens (including phenoxy) is 20. The molecule has 0 spiro atoms. The average molecular weight is 1780 g/mol. The lowest BCUT2D eigenvalue weighted by atomic mass is 9.83. The molecule has 3 rings (SSSR count). The number of carbonyl (C=O) groups excluding carboxylic acids is 5. The van der Waals surface area contributed by atoms with Crippen LogP contribution >= 0.6 is 7.82 Å². The van der Waals surface area contributed by atoms with Crippen molar-refractivity contribution in [2.45, 2.75) is 353 Å². The molecule has 0 bridgehead atoms. The molecule has 698 valence electrons. The molecule has 3 amide bonds. The SMILES string of the molecule is [2H]C([2H])([2H])OCC(=O)N([C@H]1[C@H]([C@H](OC([2H])([2H])[2H])[C@@H](COC)OC([2H])([2H])[2H])O[C@@](OCC(=O)N[C@H]2[C@H]([C@H](OC([2H])([2H])[2H])[C@@H](COC)OC([2H])([2H])[2H])O[C@@](O[C@H]3[C@@H](OC([2H])([2H])[2H])[C@@H](OP(=O)(OC[C@H](NC(=O)CCCCCCCCCCCCCCCCCCCCCCC)[C@@H](/C=C/CCCCCCCCCCC)OC([2H])([2H])[2H])OC([2H])([2H])[2H])[C@H](OC([2H])([2H])[2H])[C@@H](OC([2H])([2H])[2H])[C@@H]3OC([2H])([2H])[2H])(C(=O)OC([2H])([2H])[2H])C[C@@H]2OC([2H])([2H])[2H])(C(=O)OC([2H])([2H])[2H])C[C@@H]1OC([2H])([2H])[2H])C([2H])([2H])[2H]. The molecule has 1 aliphatic carbocycles. The second-order valence-electron chi connectivity index (χ2n) is 29.4. The Morgan fingerprint density at radius 1 is 0.487 bits per heavy atom. The number of nitrogens with one attached hydrogen (secondary N) is 2. The minimum absolute atomic E-state index is 0.119. The van der Waals surface area contributed by atoms with Crippen molar-refractivity contribution in [1.29, 1.82) is 0 Å². The highest BCUT2D eigenvalue weighted by Gasteiger charge is 2.64. The molecule has 0 aromatic carbocycles. The number of nitrogens with zero attached hydrogens (tertiary/aromatic N) is 1. The third kappa shape index (κ3) is 36.0. The zero-order valence-electron chi connectivity index (χ0n) is 116. The number of esters is 2. The highest BCUT2D eigenvalue weighted by molar-refractivity contribution is 7.48. The summed E-state index contributed by atoms with van der Waals surface area (Å²) in [5.41, 5.74) is 0. The zero-order valence-corrected chi connectivity index (χ0v) is 69.3. The predicted octanol–water partition coefficient (Wildman–Crippen LogP) is 11.9. The topological polar surface area (TPSA) is 342 Å². The molecule has 0 aromatic rings. The van der Waals surface area contributed by atoms with E-state index in [1.165, 1.54) is 70.3 Å². The molecule has 0 radical (unpaired) electrons. The smallest absolute Gasteiger partial charge is 0.465 e. The number of unbranched alkanes of at least 4 members (excludes halogenated alkanes) is 29. The van der Waals surface area contributed by atoms with Crippen LogP contribution in [0.1, 0.15) is 298 Å². The van der Waals surface area contributed by atoms with Crippen LogP contribution in [0.15, 0.2) is 12.2 Å². The Hall–Kier alpha value is -3.52. The molecule has 2 heterocycles. The van der Waals surface area contributed by atoms with Crippen molar-refractivity contribution in [2.75, 3.05) is 160 Å². The quantitative estimate of drug-likeness (QED) is 0.0247. The lowest BCUT2D eigenvalue weighted by Gasteiger charge is -2.53. The molecule has 32 nitrogen and oxygen atoms in total. The summed E-state index contributed by atoms with van der Waals surface area (Å²) in [6.07, 6.45) is -23.4. The molecule has 33 heteroatoms. The van der Waals surface area contributed by atoms with Crippen LogP contribution < -0.4 is 10.6 Å². The maximum atomic E-state index is 16.5. The van der Waals surface area contributed by atoms with Gasteiger partial charge in [0.1, 0.15) is 86.5 Å². The number of hydrogen-bond acceptors (Lipinski definition) is 29. The number of methoxy groups -OCH3 is 16. The van der Waals surface area contributed by atoms with E-state index in [-0.39, 0.29) is 12.8 Å². The number of phosphoric ester groups is 1. The maximum absolute atomic E-state index is 16.5. The molecule has 21 atom stereocenters. The van der Waals surface area contributed by atoms with E-state index in [1.807, 2.05) is 12.2 Å². The number of hydrogen-bond donors (Lipinski definition) is 2. The van der Waals surface area contributed by atoms with Gasteiger partial charge >= 0.3 is 19.8 Å². The van der Waals surface area contributed by atoms with E-state index in [2.05, 4.69) is 21.7 Å². The van der Waals surface area contributed by atoms with Gasteiger partial charge in [0.25, 0.3) is 11.6 Å². The first-order chi connectivity index (χ1) is 76.0. The molecule has 0 aromatic heterocycles. The van der Waals surface area contributed by atoms with Crippen molar-refractivity contribution < 1.29 is 203 Å².